The number of carbonyl (C=O) groups is 1. The molecule has 1 atom stereocenters. The number of carboxylic acids is 1. The molecule has 1 aromatic rings. The zero-order valence-electron chi connectivity index (χ0n) is 12.4. The van der Waals surface area contributed by atoms with Crippen LogP contribution in [0.2, 0.25) is 5.02 Å². The third-order valence-corrected chi connectivity index (χ3v) is 4.64. The number of hydrogen-bond donors (Lipinski definition) is 1. The number of hydrogen-bond acceptors (Lipinski definition) is 2. The molecule has 0 bridgehead atoms. The Hall–Kier alpha value is -2.85. The van der Waals surface area contributed by atoms with Crippen LogP contribution < -0.4 is 5.56 Å². The largest absolute Gasteiger partial charge is 0.477 e. The van der Waals surface area contributed by atoms with Gasteiger partial charge in [-0.3, -0.25) is 9.36 Å². The first-order valence-electron chi connectivity index (χ1n) is 7.42. The molecule has 0 aromatic heterocycles. The van der Waals surface area contributed by atoms with E-state index >= 15 is 0 Å². The van der Waals surface area contributed by atoms with Crippen molar-refractivity contribution in [2.24, 2.45) is 0 Å². The Balaban J connectivity index is 2.05. The zero-order chi connectivity index (χ0) is 16.8. The Labute approximate surface area is 142 Å². The second-order valence-electron chi connectivity index (χ2n) is 5.61. The fraction of sp³-hybridized carbons (Fsp3) is 0.0526. The van der Waals surface area contributed by atoms with Crippen LogP contribution >= 0.6 is 11.6 Å². The smallest absolute Gasteiger partial charge is 0.342 e. The van der Waals surface area contributed by atoms with Crippen LogP contribution in [-0.2, 0) is 0 Å². The number of rotatable bonds is 2. The minimum absolute atomic E-state index is 0.213. The third kappa shape index (κ3) is 2.00. The van der Waals surface area contributed by atoms with Crippen LogP contribution in [0.15, 0.2) is 59.4 Å². The highest BCUT2D eigenvalue weighted by Crippen LogP contribution is 2.39. The second-order valence-corrected chi connectivity index (χ2v) is 6.02. The van der Waals surface area contributed by atoms with Gasteiger partial charge in [0.05, 0.1) is 11.7 Å². The molecule has 24 heavy (non-hydrogen) atoms. The van der Waals surface area contributed by atoms with Crippen molar-refractivity contribution >= 4 is 23.6 Å². The number of allylic oxidation sites excluding steroid dienone is 1. The molecular weight excluding hydrogens is 326 g/mol. The summed E-state index contributed by atoms with van der Waals surface area (Å²) in [7, 11) is 0. The van der Waals surface area contributed by atoms with Gasteiger partial charge in [-0.15, -0.1) is 0 Å². The van der Waals surface area contributed by atoms with Crippen LogP contribution in [0.25, 0.3) is 17.3 Å². The molecule has 0 amide bonds. The molecule has 1 heterocycles. The molecule has 0 saturated carbocycles. The van der Waals surface area contributed by atoms with Crippen LogP contribution in [0.3, 0.4) is 0 Å². The lowest BCUT2D eigenvalue weighted by molar-refractivity contribution is 0.0696. The summed E-state index contributed by atoms with van der Waals surface area (Å²) in [5, 5.41) is 10.1. The van der Waals surface area contributed by atoms with Crippen LogP contribution in [-0.4, -0.2) is 15.6 Å². The highest BCUT2D eigenvalue weighted by molar-refractivity contribution is 6.31. The first-order valence-corrected chi connectivity index (χ1v) is 7.80. The summed E-state index contributed by atoms with van der Waals surface area (Å²) in [6.07, 6.45) is 3.77. The Morgan fingerprint density at radius 1 is 1.08 bits per heavy atom. The van der Waals surface area contributed by atoms with Crippen molar-refractivity contribution in [1.82, 2.24) is 4.57 Å². The van der Waals surface area contributed by atoms with Crippen molar-refractivity contribution in [3.8, 4) is 11.3 Å². The second kappa shape index (κ2) is 5.35. The number of benzene rings is 1. The number of fused-ring (bicyclic) bond motifs is 2. The average Bonchev–Trinajstić information content (AvgIpc) is 2.98. The lowest BCUT2D eigenvalue weighted by Gasteiger charge is -2.16. The molecule has 0 spiro atoms. The van der Waals surface area contributed by atoms with E-state index in [1.54, 1.807) is 36.4 Å². The van der Waals surface area contributed by atoms with Gasteiger partial charge in [-0.05, 0) is 17.7 Å². The van der Waals surface area contributed by atoms with Gasteiger partial charge in [0.15, 0.2) is 0 Å². The highest BCUT2D eigenvalue weighted by atomic mass is 35.5. The fourth-order valence-electron chi connectivity index (χ4n) is 3.30. The lowest BCUT2D eigenvalue weighted by Crippen LogP contribution is -2.23. The normalized spacial score (nSPS) is 15.6. The van der Waals surface area contributed by atoms with Crippen LogP contribution in [0.1, 0.15) is 27.5 Å². The SMILES string of the molecule is O=C(O)c1c2cccccc-2n(C2C=Cc3cccc(Cl)c32)c1=O. The van der Waals surface area contributed by atoms with Gasteiger partial charge < -0.3 is 5.11 Å². The molecule has 1 aromatic carbocycles. The molecule has 1 unspecified atom stereocenters. The van der Waals surface area contributed by atoms with Crippen molar-refractivity contribution in [2.75, 3.05) is 0 Å². The Kier molecular flexibility index (Phi) is 3.28. The summed E-state index contributed by atoms with van der Waals surface area (Å²) in [6, 6.07) is 13.9. The van der Waals surface area contributed by atoms with Crippen LogP contribution in [0.4, 0.5) is 0 Å². The summed E-state index contributed by atoms with van der Waals surface area (Å²) in [5.41, 5.74) is 2.01. The Morgan fingerprint density at radius 3 is 2.67 bits per heavy atom. The van der Waals surface area contributed by atoms with E-state index < -0.39 is 17.6 Å². The van der Waals surface area contributed by atoms with E-state index in [1.807, 2.05) is 24.3 Å². The van der Waals surface area contributed by atoms with Crippen molar-refractivity contribution in [2.45, 2.75) is 6.04 Å². The van der Waals surface area contributed by atoms with Gasteiger partial charge >= 0.3 is 5.97 Å². The Bertz CT molecular complexity index is 1040. The average molecular weight is 338 g/mol. The maximum atomic E-state index is 12.8. The topological polar surface area (TPSA) is 59.3 Å². The van der Waals surface area contributed by atoms with Crippen molar-refractivity contribution in [3.63, 3.8) is 0 Å². The summed E-state index contributed by atoms with van der Waals surface area (Å²) >= 11 is 6.34. The summed E-state index contributed by atoms with van der Waals surface area (Å²) in [4.78, 5) is 24.5. The standard InChI is InChI=1S/C19H12ClNO3/c20-13-7-4-5-11-9-10-15(16(11)13)21-14-8-3-1-2-6-12(14)17(18(21)22)19(23)24/h1-10,15H,(H,23,24). The molecule has 5 heteroatoms. The molecule has 3 aliphatic rings. The van der Waals surface area contributed by atoms with Crippen molar-refractivity contribution < 1.29 is 9.90 Å². The lowest BCUT2D eigenvalue weighted by atomic mass is 10.1. The molecule has 2 aliphatic carbocycles. The van der Waals surface area contributed by atoms with Crippen molar-refractivity contribution in [1.29, 1.82) is 0 Å². The molecule has 4 nitrogen and oxygen atoms in total. The van der Waals surface area contributed by atoms with E-state index in [4.69, 9.17) is 11.6 Å². The van der Waals surface area contributed by atoms with E-state index in [0.717, 1.165) is 11.1 Å². The van der Waals surface area contributed by atoms with E-state index in [9.17, 15) is 14.7 Å². The molecule has 1 aliphatic heterocycles. The maximum absolute atomic E-state index is 12.8. The van der Waals surface area contributed by atoms with E-state index in [0.29, 0.717) is 16.3 Å². The van der Waals surface area contributed by atoms with Gasteiger partial charge in [0.1, 0.15) is 5.56 Å². The predicted molar refractivity (Wildman–Crippen MR) is 92.9 cm³/mol. The van der Waals surface area contributed by atoms with Crippen LogP contribution in [0.5, 0.6) is 0 Å². The molecule has 0 radical (unpaired) electrons. The molecule has 0 saturated heterocycles. The van der Waals surface area contributed by atoms with Gasteiger partial charge in [-0.2, -0.15) is 0 Å². The van der Waals surface area contributed by atoms with Gasteiger partial charge in [-0.25, -0.2) is 4.79 Å². The quantitative estimate of drug-likeness (QED) is 0.771. The van der Waals surface area contributed by atoms with E-state index in [-0.39, 0.29) is 5.56 Å². The first kappa shape index (κ1) is 14.7. The zero-order valence-corrected chi connectivity index (χ0v) is 13.2. The minimum atomic E-state index is -1.23. The number of nitrogens with zero attached hydrogens (tertiary/aromatic N) is 1. The molecule has 0 fully saturated rings. The minimum Gasteiger partial charge on any atom is -0.477 e. The van der Waals surface area contributed by atoms with Gasteiger partial charge in [0.2, 0.25) is 0 Å². The highest BCUT2D eigenvalue weighted by Gasteiger charge is 2.31. The molecule has 118 valence electrons. The molecular formula is C19H12ClNO3. The van der Waals surface area contributed by atoms with Gasteiger partial charge in [0.25, 0.3) is 5.56 Å². The van der Waals surface area contributed by atoms with Crippen LogP contribution in [0, 0.1) is 0 Å². The summed E-state index contributed by atoms with van der Waals surface area (Å²) in [6.45, 7) is 0. The number of halogens is 1. The molecule has 1 N–H and O–H groups in total. The Morgan fingerprint density at radius 2 is 1.88 bits per heavy atom. The maximum Gasteiger partial charge on any atom is 0.342 e. The van der Waals surface area contributed by atoms with Crippen molar-refractivity contribution in [3.05, 3.63) is 86.7 Å². The molecule has 4 rings (SSSR count). The van der Waals surface area contributed by atoms with E-state index in [1.165, 1.54) is 4.57 Å². The summed E-state index contributed by atoms with van der Waals surface area (Å²) < 4.78 is 1.51. The number of carboxylic acid groups (broad SMARTS) is 1. The van der Waals surface area contributed by atoms with E-state index in [2.05, 4.69) is 0 Å². The fourth-order valence-corrected chi connectivity index (χ4v) is 3.60. The first-order chi connectivity index (χ1) is 11.6. The van der Waals surface area contributed by atoms with Gasteiger partial charge in [-0.1, -0.05) is 60.2 Å². The third-order valence-electron chi connectivity index (χ3n) is 4.31. The predicted octanol–water partition coefficient (Wildman–Crippen LogP) is 3.92. The number of aromatic carboxylic acids is 1. The van der Waals surface area contributed by atoms with Gasteiger partial charge in [0, 0.05) is 16.1 Å². The number of aromatic nitrogens is 1. The monoisotopic (exact) mass is 337 g/mol. The summed E-state index contributed by atoms with van der Waals surface area (Å²) in [5.74, 6) is -1.23.